The molecule has 5 nitrogen and oxygen atoms in total. The molecule has 0 fully saturated rings. The molecule has 0 radical (unpaired) electrons. The van der Waals surface area contributed by atoms with E-state index in [0.29, 0.717) is 12.2 Å². The van der Waals surface area contributed by atoms with E-state index >= 15 is 0 Å². The molecule has 17 heavy (non-hydrogen) atoms. The van der Waals surface area contributed by atoms with Gasteiger partial charge in [-0.25, -0.2) is 0 Å². The highest BCUT2D eigenvalue weighted by Crippen LogP contribution is 2.14. The van der Waals surface area contributed by atoms with Crippen molar-refractivity contribution < 1.29 is 9.59 Å². The van der Waals surface area contributed by atoms with Gasteiger partial charge in [-0.15, -0.1) is 0 Å². The summed E-state index contributed by atoms with van der Waals surface area (Å²) in [6, 6.07) is 7.22. The van der Waals surface area contributed by atoms with Crippen LogP contribution in [0, 0.1) is 0 Å². The third-order valence-corrected chi connectivity index (χ3v) is 2.01. The fraction of sp³-hybridized carbons (Fsp3) is 0.333. The maximum Gasteiger partial charge on any atom is 0.239 e. The molecule has 0 atom stereocenters. The Kier molecular flexibility index (Phi) is 5.00. The minimum Gasteiger partial charge on any atom is -0.376 e. The molecular weight excluding hydrogens is 218 g/mol. The van der Waals surface area contributed by atoms with Crippen LogP contribution in [-0.2, 0) is 9.59 Å². The van der Waals surface area contributed by atoms with E-state index in [9.17, 15) is 9.59 Å². The average molecular weight is 235 g/mol. The lowest BCUT2D eigenvalue weighted by Crippen LogP contribution is -2.29. The van der Waals surface area contributed by atoms with Gasteiger partial charge >= 0.3 is 0 Å². The van der Waals surface area contributed by atoms with Crippen molar-refractivity contribution in [3.8, 4) is 0 Å². The van der Waals surface area contributed by atoms with Crippen LogP contribution in [0.25, 0.3) is 0 Å². The van der Waals surface area contributed by atoms with Crippen LogP contribution < -0.4 is 16.0 Å². The summed E-state index contributed by atoms with van der Waals surface area (Å²) in [5, 5.41) is 8.35. The average Bonchev–Trinajstić information content (AvgIpc) is 2.26. The largest absolute Gasteiger partial charge is 0.376 e. The summed E-state index contributed by atoms with van der Waals surface area (Å²) in [5.74, 6) is -0.177. The van der Waals surface area contributed by atoms with Gasteiger partial charge in [0.2, 0.25) is 11.8 Å². The van der Waals surface area contributed by atoms with E-state index in [1.807, 2.05) is 19.1 Å². The van der Waals surface area contributed by atoms with Crippen LogP contribution in [0.4, 0.5) is 11.4 Å². The van der Waals surface area contributed by atoms with Gasteiger partial charge in [-0.3, -0.25) is 9.59 Å². The molecule has 0 aromatic heterocycles. The van der Waals surface area contributed by atoms with Gasteiger partial charge in [0.1, 0.15) is 0 Å². The molecule has 0 aliphatic carbocycles. The van der Waals surface area contributed by atoms with Gasteiger partial charge in [-0.2, -0.15) is 0 Å². The standard InChI is InChI=1S/C12H17N3O2/c1-3-13-12(17)8-14-10-5-4-6-11(7-10)15-9(2)16/h4-7,14H,3,8H2,1-2H3,(H,13,17)(H,15,16). The monoisotopic (exact) mass is 235 g/mol. The van der Waals surface area contributed by atoms with Crippen LogP contribution in [0.1, 0.15) is 13.8 Å². The fourth-order valence-corrected chi connectivity index (χ4v) is 1.35. The topological polar surface area (TPSA) is 70.2 Å². The summed E-state index contributed by atoms with van der Waals surface area (Å²) in [5.41, 5.74) is 1.50. The predicted octanol–water partition coefficient (Wildman–Crippen LogP) is 1.19. The molecule has 2 amide bonds. The lowest BCUT2D eigenvalue weighted by atomic mass is 10.2. The normalized spacial score (nSPS) is 9.53. The number of hydrogen-bond donors (Lipinski definition) is 3. The van der Waals surface area contributed by atoms with E-state index in [1.54, 1.807) is 12.1 Å². The molecule has 92 valence electrons. The van der Waals surface area contributed by atoms with E-state index in [1.165, 1.54) is 6.92 Å². The van der Waals surface area contributed by atoms with Crippen LogP contribution in [0.2, 0.25) is 0 Å². The fourth-order valence-electron chi connectivity index (χ4n) is 1.35. The van der Waals surface area contributed by atoms with Crippen molar-refractivity contribution >= 4 is 23.2 Å². The van der Waals surface area contributed by atoms with Crippen molar-refractivity contribution in [3.63, 3.8) is 0 Å². The second-order valence-corrected chi connectivity index (χ2v) is 3.57. The summed E-state index contributed by atoms with van der Waals surface area (Å²) < 4.78 is 0. The number of carbonyl (C=O) groups excluding carboxylic acids is 2. The zero-order valence-electron chi connectivity index (χ0n) is 10.0. The summed E-state index contributed by atoms with van der Waals surface area (Å²) >= 11 is 0. The van der Waals surface area contributed by atoms with E-state index in [2.05, 4.69) is 16.0 Å². The Labute approximate surface area is 101 Å². The lowest BCUT2D eigenvalue weighted by Gasteiger charge is -2.08. The first kappa shape index (κ1) is 13.0. The highest BCUT2D eigenvalue weighted by atomic mass is 16.2. The van der Waals surface area contributed by atoms with Gasteiger partial charge in [-0.1, -0.05) is 6.07 Å². The maximum absolute atomic E-state index is 11.2. The molecule has 0 aliphatic rings. The Morgan fingerprint density at radius 2 is 1.94 bits per heavy atom. The van der Waals surface area contributed by atoms with Gasteiger partial charge in [0.05, 0.1) is 6.54 Å². The van der Waals surface area contributed by atoms with Crippen LogP contribution in [0.3, 0.4) is 0 Å². The van der Waals surface area contributed by atoms with Crippen LogP contribution in [0.5, 0.6) is 0 Å². The summed E-state index contributed by atoms with van der Waals surface area (Å²) in [7, 11) is 0. The van der Waals surface area contributed by atoms with E-state index in [0.717, 1.165) is 5.69 Å². The number of carbonyl (C=O) groups is 2. The molecule has 0 aliphatic heterocycles. The summed E-state index contributed by atoms with van der Waals surface area (Å²) in [6.45, 7) is 4.16. The Morgan fingerprint density at radius 3 is 2.59 bits per heavy atom. The molecule has 0 bridgehead atoms. The SMILES string of the molecule is CCNC(=O)CNc1cccc(NC(C)=O)c1. The first-order chi connectivity index (χ1) is 8.11. The van der Waals surface area contributed by atoms with Crippen LogP contribution in [-0.4, -0.2) is 24.9 Å². The molecule has 0 heterocycles. The molecule has 0 saturated heterocycles. The van der Waals surface area contributed by atoms with Gasteiger partial charge in [0, 0.05) is 24.8 Å². The maximum atomic E-state index is 11.2. The molecule has 3 N–H and O–H groups in total. The minimum absolute atomic E-state index is 0.0579. The second-order valence-electron chi connectivity index (χ2n) is 3.57. The Hall–Kier alpha value is -2.04. The zero-order valence-corrected chi connectivity index (χ0v) is 10.0. The number of benzene rings is 1. The van der Waals surface area contributed by atoms with Crippen LogP contribution >= 0.6 is 0 Å². The lowest BCUT2D eigenvalue weighted by molar-refractivity contribution is -0.119. The Balaban J connectivity index is 2.53. The van der Waals surface area contributed by atoms with Crippen molar-refractivity contribution in [2.75, 3.05) is 23.7 Å². The molecule has 1 aromatic carbocycles. The Bertz CT molecular complexity index is 404. The van der Waals surface area contributed by atoms with E-state index < -0.39 is 0 Å². The number of amides is 2. The van der Waals surface area contributed by atoms with Gasteiger partial charge in [0.15, 0.2) is 0 Å². The summed E-state index contributed by atoms with van der Waals surface area (Å²) in [4.78, 5) is 22.1. The zero-order chi connectivity index (χ0) is 12.7. The van der Waals surface area contributed by atoms with Gasteiger partial charge in [0.25, 0.3) is 0 Å². The van der Waals surface area contributed by atoms with E-state index in [-0.39, 0.29) is 18.4 Å². The van der Waals surface area contributed by atoms with Crippen molar-refractivity contribution in [3.05, 3.63) is 24.3 Å². The number of likely N-dealkylation sites (N-methyl/N-ethyl adjacent to an activating group) is 1. The number of rotatable bonds is 5. The highest BCUT2D eigenvalue weighted by molar-refractivity contribution is 5.89. The van der Waals surface area contributed by atoms with Gasteiger partial charge in [-0.05, 0) is 25.1 Å². The number of hydrogen-bond acceptors (Lipinski definition) is 3. The molecule has 0 unspecified atom stereocenters. The smallest absolute Gasteiger partial charge is 0.239 e. The van der Waals surface area contributed by atoms with Crippen molar-refractivity contribution in [1.82, 2.24) is 5.32 Å². The van der Waals surface area contributed by atoms with E-state index in [4.69, 9.17) is 0 Å². The molecular formula is C12H17N3O2. The summed E-state index contributed by atoms with van der Waals surface area (Å²) in [6.07, 6.45) is 0. The third-order valence-electron chi connectivity index (χ3n) is 2.01. The molecule has 5 heteroatoms. The molecule has 0 spiro atoms. The quantitative estimate of drug-likeness (QED) is 0.718. The molecule has 0 saturated carbocycles. The minimum atomic E-state index is -0.120. The van der Waals surface area contributed by atoms with Crippen LogP contribution in [0.15, 0.2) is 24.3 Å². The number of anilines is 2. The van der Waals surface area contributed by atoms with Gasteiger partial charge < -0.3 is 16.0 Å². The highest BCUT2D eigenvalue weighted by Gasteiger charge is 2.00. The third kappa shape index (κ3) is 5.01. The first-order valence-electron chi connectivity index (χ1n) is 5.50. The van der Waals surface area contributed by atoms with Crippen molar-refractivity contribution in [2.45, 2.75) is 13.8 Å². The van der Waals surface area contributed by atoms with Crippen molar-refractivity contribution in [2.24, 2.45) is 0 Å². The number of nitrogens with one attached hydrogen (secondary N) is 3. The molecule has 1 aromatic rings. The molecule has 1 rings (SSSR count). The first-order valence-corrected chi connectivity index (χ1v) is 5.50. The second kappa shape index (κ2) is 6.52. The Morgan fingerprint density at radius 1 is 1.24 bits per heavy atom. The predicted molar refractivity (Wildman–Crippen MR) is 67.9 cm³/mol. The van der Waals surface area contributed by atoms with Crippen molar-refractivity contribution in [1.29, 1.82) is 0 Å².